The number of halogens is 2. The molecule has 2 aromatic carbocycles. The van der Waals surface area contributed by atoms with Crippen molar-refractivity contribution < 1.29 is 9.15 Å². The Morgan fingerprint density at radius 1 is 1.06 bits per heavy atom. The van der Waals surface area contributed by atoms with Crippen LogP contribution in [-0.4, -0.2) is 26.4 Å². The second kappa shape index (κ2) is 8.58. The lowest BCUT2D eigenvalue weighted by Gasteiger charge is -2.15. The first kappa shape index (κ1) is 21.0. The molecule has 0 amide bonds. The Hall–Kier alpha value is -2.87. The lowest BCUT2D eigenvalue weighted by atomic mass is 10.2. The monoisotopic (exact) mass is 484 g/mol. The first-order valence-electron chi connectivity index (χ1n) is 9.75. The molecular weight excluding hydrogens is 467 g/mol. The van der Waals surface area contributed by atoms with Crippen molar-refractivity contribution in [2.45, 2.75) is 10.9 Å². The largest absolute Gasteiger partial charge is 0.495 e. The van der Waals surface area contributed by atoms with Gasteiger partial charge in [0.15, 0.2) is 16.6 Å². The van der Waals surface area contributed by atoms with Gasteiger partial charge >= 0.3 is 0 Å². The molecule has 5 rings (SSSR count). The van der Waals surface area contributed by atoms with E-state index in [2.05, 4.69) is 10.2 Å². The Labute approximate surface area is 198 Å². The van der Waals surface area contributed by atoms with Gasteiger partial charge in [-0.25, -0.2) is 0 Å². The van der Waals surface area contributed by atoms with Gasteiger partial charge in [0.1, 0.15) is 5.75 Å². The number of thioether (sulfide) groups is 1. The van der Waals surface area contributed by atoms with Crippen LogP contribution < -0.4 is 4.74 Å². The first-order chi connectivity index (χ1) is 15.6. The summed E-state index contributed by atoms with van der Waals surface area (Å²) in [6.07, 6.45) is 1.67. The number of aryl methyl sites for hydroxylation is 1. The van der Waals surface area contributed by atoms with Crippen LogP contribution in [0.25, 0.3) is 28.3 Å². The van der Waals surface area contributed by atoms with Crippen molar-refractivity contribution in [3.8, 4) is 23.0 Å². The Kier molecular flexibility index (Phi) is 5.63. The van der Waals surface area contributed by atoms with E-state index in [4.69, 9.17) is 32.4 Å². The molecule has 9 heteroatoms. The number of hydrogen-bond acceptors (Lipinski definition) is 5. The molecule has 0 aliphatic heterocycles. The Morgan fingerprint density at radius 3 is 2.69 bits per heavy atom. The minimum absolute atomic E-state index is 0.586. The van der Waals surface area contributed by atoms with Gasteiger partial charge in [-0.2, -0.15) is 0 Å². The molecule has 5 aromatic rings. The summed E-state index contributed by atoms with van der Waals surface area (Å²) in [5.41, 5.74) is 4.38. The van der Waals surface area contributed by atoms with Crippen LogP contribution in [0.4, 0.5) is 0 Å². The van der Waals surface area contributed by atoms with Crippen LogP contribution in [0.3, 0.4) is 0 Å². The van der Waals surface area contributed by atoms with Crippen molar-refractivity contribution in [1.29, 1.82) is 0 Å². The molecular formula is C23H18Cl2N4O2S. The van der Waals surface area contributed by atoms with Crippen molar-refractivity contribution in [3.05, 3.63) is 76.5 Å². The van der Waals surface area contributed by atoms with Gasteiger partial charge in [-0.1, -0.05) is 53.2 Å². The normalized spacial score (nSPS) is 11.4. The van der Waals surface area contributed by atoms with Gasteiger partial charge in [0, 0.05) is 35.0 Å². The summed E-state index contributed by atoms with van der Waals surface area (Å²) >= 11 is 14.3. The predicted molar refractivity (Wildman–Crippen MR) is 128 cm³/mol. The maximum Gasteiger partial charge on any atom is 0.196 e. The van der Waals surface area contributed by atoms with Crippen LogP contribution in [0.2, 0.25) is 10.0 Å². The number of ether oxygens (including phenoxy) is 1. The fourth-order valence-corrected chi connectivity index (χ4v) is 5.00. The van der Waals surface area contributed by atoms with E-state index in [0.29, 0.717) is 27.5 Å². The minimum Gasteiger partial charge on any atom is -0.495 e. The van der Waals surface area contributed by atoms with Crippen molar-refractivity contribution >= 4 is 46.1 Å². The van der Waals surface area contributed by atoms with Crippen molar-refractivity contribution in [2.24, 2.45) is 7.05 Å². The van der Waals surface area contributed by atoms with Crippen LogP contribution in [-0.2, 0) is 12.8 Å². The highest BCUT2D eigenvalue weighted by Crippen LogP contribution is 2.37. The number of aromatic nitrogens is 4. The van der Waals surface area contributed by atoms with E-state index in [1.807, 2.05) is 64.7 Å². The van der Waals surface area contributed by atoms with Crippen LogP contribution in [0.1, 0.15) is 5.56 Å². The van der Waals surface area contributed by atoms with Gasteiger partial charge in [-0.05, 0) is 29.8 Å². The Balaban J connectivity index is 1.66. The molecule has 3 heterocycles. The molecule has 0 saturated carbocycles. The van der Waals surface area contributed by atoms with E-state index in [1.165, 1.54) is 11.8 Å². The van der Waals surface area contributed by atoms with Crippen LogP contribution in [0, 0.1) is 0 Å². The highest BCUT2D eigenvalue weighted by Gasteiger charge is 2.23. The summed E-state index contributed by atoms with van der Waals surface area (Å²) < 4.78 is 15.2. The summed E-state index contributed by atoms with van der Waals surface area (Å²) in [4.78, 5) is 0. The quantitative estimate of drug-likeness (QED) is 0.253. The molecule has 6 nitrogen and oxygen atoms in total. The molecule has 32 heavy (non-hydrogen) atoms. The summed E-state index contributed by atoms with van der Waals surface area (Å²) in [6.45, 7) is 0. The van der Waals surface area contributed by atoms with E-state index in [9.17, 15) is 0 Å². The molecule has 0 radical (unpaired) electrons. The van der Waals surface area contributed by atoms with E-state index in [0.717, 1.165) is 33.1 Å². The van der Waals surface area contributed by atoms with Gasteiger partial charge in [0.05, 0.1) is 30.3 Å². The summed E-state index contributed by atoms with van der Waals surface area (Å²) in [5, 5.41) is 11.0. The average molecular weight is 485 g/mol. The van der Waals surface area contributed by atoms with Crippen LogP contribution in [0.5, 0.6) is 5.75 Å². The second-order valence-electron chi connectivity index (χ2n) is 7.10. The van der Waals surface area contributed by atoms with Gasteiger partial charge in [-0.15, -0.1) is 10.2 Å². The smallest absolute Gasteiger partial charge is 0.196 e. The molecule has 0 fully saturated rings. The summed E-state index contributed by atoms with van der Waals surface area (Å²) in [5.74, 6) is 1.95. The number of nitrogens with zero attached hydrogens (tertiary/aromatic N) is 4. The zero-order valence-electron chi connectivity index (χ0n) is 17.3. The fourth-order valence-electron chi connectivity index (χ4n) is 3.61. The molecule has 3 aromatic heterocycles. The number of methoxy groups -OCH3 is 1. The SMILES string of the molecule is COc1ccc(Cl)cc1-n1c(SCc2ccccc2Cl)nnc1-c1cc2occc2n1C. The van der Waals surface area contributed by atoms with Crippen molar-refractivity contribution in [1.82, 2.24) is 19.3 Å². The molecule has 162 valence electrons. The highest BCUT2D eigenvalue weighted by molar-refractivity contribution is 7.98. The zero-order chi connectivity index (χ0) is 22.2. The lowest BCUT2D eigenvalue weighted by Crippen LogP contribution is -2.04. The predicted octanol–water partition coefficient (Wildman–Crippen LogP) is 6.63. The molecule has 0 bridgehead atoms. The van der Waals surface area contributed by atoms with E-state index in [1.54, 1.807) is 19.4 Å². The van der Waals surface area contributed by atoms with Gasteiger partial charge in [-0.3, -0.25) is 4.57 Å². The number of fused-ring (bicyclic) bond motifs is 1. The van der Waals surface area contributed by atoms with Crippen molar-refractivity contribution in [3.63, 3.8) is 0 Å². The molecule has 0 atom stereocenters. The average Bonchev–Trinajstić information content (AvgIpc) is 3.49. The number of benzene rings is 2. The number of hydrogen-bond donors (Lipinski definition) is 0. The number of furan rings is 1. The molecule has 0 saturated heterocycles. The highest BCUT2D eigenvalue weighted by atomic mass is 35.5. The molecule has 0 N–H and O–H groups in total. The topological polar surface area (TPSA) is 58.0 Å². The minimum atomic E-state index is 0.586. The van der Waals surface area contributed by atoms with Gasteiger partial charge in [0.2, 0.25) is 0 Å². The maximum atomic E-state index is 6.36. The van der Waals surface area contributed by atoms with Crippen molar-refractivity contribution in [2.75, 3.05) is 7.11 Å². The third-order valence-electron chi connectivity index (χ3n) is 5.22. The summed E-state index contributed by atoms with van der Waals surface area (Å²) in [7, 11) is 3.60. The van der Waals surface area contributed by atoms with Crippen LogP contribution >= 0.6 is 35.0 Å². The standard InChI is InChI=1S/C23H18Cl2N4O2S/c1-28-17-9-10-31-21(17)12-19(28)22-26-27-23(32-13-14-5-3-4-6-16(14)25)29(22)18-11-15(24)7-8-20(18)30-2/h3-12H,13H2,1-2H3. The fraction of sp³-hybridized carbons (Fsp3) is 0.130. The van der Waals surface area contributed by atoms with E-state index >= 15 is 0 Å². The molecule has 0 unspecified atom stereocenters. The maximum absolute atomic E-state index is 6.36. The van der Waals surface area contributed by atoms with Gasteiger partial charge in [0.25, 0.3) is 0 Å². The molecule has 0 aliphatic rings. The molecule has 0 aliphatic carbocycles. The third kappa shape index (κ3) is 3.66. The van der Waals surface area contributed by atoms with Crippen LogP contribution in [0.15, 0.2) is 70.4 Å². The van der Waals surface area contributed by atoms with E-state index < -0.39 is 0 Å². The lowest BCUT2D eigenvalue weighted by molar-refractivity contribution is 0.412. The summed E-state index contributed by atoms with van der Waals surface area (Å²) in [6, 6.07) is 17.1. The Bertz CT molecular complexity index is 1420. The number of rotatable bonds is 6. The van der Waals surface area contributed by atoms with Gasteiger partial charge < -0.3 is 13.7 Å². The molecule has 0 spiro atoms. The second-order valence-corrected chi connectivity index (χ2v) is 8.88. The van der Waals surface area contributed by atoms with E-state index in [-0.39, 0.29) is 0 Å². The first-order valence-corrected chi connectivity index (χ1v) is 11.5. The third-order valence-corrected chi connectivity index (χ3v) is 6.80. The zero-order valence-corrected chi connectivity index (χ0v) is 19.6. The Morgan fingerprint density at radius 2 is 1.91 bits per heavy atom.